The molecule has 0 bridgehead atoms. The van der Waals surface area contributed by atoms with Crippen molar-refractivity contribution >= 4 is 53.2 Å². The maximum atomic E-state index is 5.51. The highest BCUT2D eigenvalue weighted by Crippen LogP contribution is 2.45. The minimum atomic E-state index is 0.698. The van der Waals surface area contributed by atoms with Crippen LogP contribution in [0.15, 0.2) is 224 Å². The average molecular weight is 820 g/mol. The Kier molecular flexibility index (Phi) is 9.02. The molecule has 3 aromatic heterocycles. The molecule has 294 valence electrons. The molecule has 0 fully saturated rings. The Labute approximate surface area is 369 Å². The van der Waals surface area contributed by atoms with Crippen molar-refractivity contribution in [1.29, 1.82) is 0 Å². The maximum Gasteiger partial charge on any atom is 0.160 e. The summed E-state index contributed by atoms with van der Waals surface area (Å²) in [5.41, 5.74) is 14.9. The first-order chi connectivity index (χ1) is 31.2. The van der Waals surface area contributed by atoms with Crippen molar-refractivity contribution in [2.75, 3.05) is 0 Å². The number of aromatic nitrogens is 3. The fourth-order valence-electron chi connectivity index (χ4n) is 8.94. The zero-order valence-electron chi connectivity index (χ0n) is 34.1. The number of fused-ring (bicyclic) bond motifs is 6. The molecule has 9 aromatic carbocycles. The predicted molar refractivity (Wildman–Crippen MR) is 266 cm³/mol. The van der Waals surface area contributed by atoms with Gasteiger partial charge in [0.05, 0.1) is 27.3 Å². The summed E-state index contributed by atoms with van der Waals surface area (Å²) < 4.78 is 2.50. The van der Waals surface area contributed by atoms with E-state index in [1.165, 1.54) is 47.5 Å². The second-order valence-electron chi connectivity index (χ2n) is 16.0. The summed E-state index contributed by atoms with van der Waals surface area (Å²) in [7, 11) is 0. The van der Waals surface area contributed by atoms with Gasteiger partial charge in [-0.05, 0) is 74.5 Å². The van der Waals surface area contributed by atoms with Gasteiger partial charge in [0.1, 0.15) is 0 Å². The lowest BCUT2D eigenvalue weighted by Crippen LogP contribution is -1.96. The first kappa shape index (κ1) is 36.8. The summed E-state index contributed by atoms with van der Waals surface area (Å²) in [5, 5.41) is 6.14. The van der Waals surface area contributed by atoms with E-state index < -0.39 is 0 Å². The van der Waals surface area contributed by atoms with Crippen molar-refractivity contribution in [3.05, 3.63) is 224 Å². The summed E-state index contributed by atoms with van der Waals surface area (Å²) in [6.07, 6.45) is 0. The average Bonchev–Trinajstić information content (AvgIpc) is 3.76. The highest BCUT2D eigenvalue weighted by atomic mass is 32.1. The van der Waals surface area contributed by atoms with E-state index >= 15 is 0 Å². The first-order valence-electron chi connectivity index (χ1n) is 21.2. The maximum absolute atomic E-state index is 5.51. The molecule has 3 nitrogen and oxygen atoms in total. The molecule has 4 heteroatoms. The normalized spacial score (nSPS) is 11.5. The number of rotatable bonds is 7. The number of hydrogen-bond acceptors (Lipinski definition) is 4. The van der Waals surface area contributed by atoms with Crippen LogP contribution in [-0.2, 0) is 0 Å². The third-order valence-corrected chi connectivity index (χ3v) is 13.3. The largest absolute Gasteiger partial charge is 0.246 e. The van der Waals surface area contributed by atoms with E-state index in [9.17, 15) is 0 Å². The van der Waals surface area contributed by atoms with Crippen molar-refractivity contribution in [3.63, 3.8) is 0 Å². The summed E-state index contributed by atoms with van der Waals surface area (Å²) in [6.45, 7) is 0. The summed E-state index contributed by atoms with van der Waals surface area (Å²) in [4.78, 5) is 15.8. The first-order valence-corrected chi connectivity index (χ1v) is 22.1. The Hall–Kier alpha value is -8.05. The molecule has 0 saturated carbocycles. The van der Waals surface area contributed by atoms with Crippen LogP contribution in [-0.4, -0.2) is 15.0 Å². The minimum absolute atomic E-state index is 0.698. The van der Waals surface area contributed by atoms with Gasteiger partial charge in [0, 0.05) is 43.1 Å². The molecule has 0 aliphatic rings. The predicted octanol–water partition coefficient (Wildman–Crippen LogP) is 16.2. The van der Waals surface area contributed by atoms with Gasteiger partial charge in [-0.3, -0.25) is 0 Å². The molecule has 12 aromatic rings. The Balaban J connectivity index is 0.942. The summed E-state index contributed by atoms with van der Waals surface area (Å²) >= 11 is 1.83. The fourth-order valence-corrected chi connectivity index (χ4v) is 10.2. The molecular weight excluding hydrogens is 783 g/mol. The van der Waals surface area contributed by atoms with Gasteiger partial charge in [-0.1, -0.05) is 194 Å². The second kappa shape index (κ2) is 15.4. The van der Waals surface area contributed by atoms with E-state index in [2.05, 4.69) is 200 Å². The van der Waals surface area contributed by atoms with Crippen molar-refractivity contribution in [1.82, 2.24) is 15.0 Å². The molecule has 0 saturated heterocycles. The van der Waals surface area contributed by atoms with Crippen LogP contribution in [0.5, 0.6) is 0 Å². The number of nitrogens with zero attached hydrogens (tertiary/aromatic N) is 3. The molecule has 0 aliphatic heterocycles. The van der Waals surface area contributed by atoms with Crippen LogP contribution < -0.4 is 0 Å². The Morgan fingerprint density at radius 1 is 0.317 bits per heavy atom. The molecular formula is C59H37N3S. The number of benzene rings is 9. The quantitative estimate of drug-likeness (QED) is 0.161. The Bertz CT molecular complexity index is 3660. The van der Waals surface area contributed by atoms with E-state index in [1.807, 2.05) is 35.6 Å². The van der Waals surface area contributed by atoms with Gasteiger partial charge >= 0.3 is 0 Å². The number of hydrogen-bond donors (Lipinski definition) is 0. The Morgan fingerprint density at radius 3 is 1.60 bits per heavy atom. The summed E-state index contributed by atoms with van der Waals surface area (Å²) in [6, 6.07) is 79.7. The molecule has 0 radical (unpaired) electrons. The standard InChI is InChI=1S/C59H37N3S/c1-3-14-38(15-4-1)39-28-30-41(31-29-39)52-37-53(62-59(61-52)42-17-5-2-6-18-42)47-23-12-22-45(35-47)43-20-11-21-44(34-43)46-32-33-50-54(36-46)60-57(49-26-13-19-40-16-7-8-24-48(40)49)58-56(50)51-25-9-10-27-55(51)63-58/h1-37H. The van der Waals surface area contributed by atoms with Crippen LogP contribution in [0.2, 0.25) is 0 Å². The molecule has 3 heterocycles. The van der Waals surface area contributed by atoms with Crippen molar-refractivity contribution in [2.45, 2.75) is 0 Å². The zero-order chi connectivity index (χ0) is 41.7. The second-order valence-corrected chi connectivity index (χ2v) is 17.0. The monoisotopic (exact) mass is 819 g/mol. The van der Waals surface area contributed by atoms with E-state index in [0.29, 0.717) is 5.82 Å². The zero-order valence-corrected chi connectivity index (χ0v) is 34.9. The molecule has 0 amide bonds. The van der Waals surface area contributed by atoms with Crippen LogP contribution in [0.4, 0.5) is 0 Å². The van der Waals surface area contributed by atoms with Crippen LogP contribution in [0.1, 0.15) is 0 Å². The van der Waals surface area contributed by atoms with Crippen LogP contribution in [0.25, 0.3) is 120 Å². The molecule has 0 unspecified atom stereocenters. The van der Waals surface area contributed by atoms with Crippen molar-refractivity contribution in [2.24, 2.45) is 0 Å². The lowest BCUT2D eigenvalue weighted by molar-refractivity contribution is 1.18. The van der Waals surface area contributed by atoms with Gasteiger partial charge in [-0.2, -0.15) is 0 Å². The van der Waals surface area contributed by atoms with Gasteiger partial charge in [0.15, 0.2) is 5.82 Å². The van der Waals surface area contributed by atoms with Crippen molar-refractivity contribution in [3.8, 4) is 78.5 Å². The third-order valence-electron chi connectivity index (χ3n) is 12.1. The topological polar surface area (TPSA) is 38.7 Å². The molecule has 0 N–H and O–H groups in total. The van der Waals surface area contributed by atoms with Crippen LogP contribution >= 0.6 is 11.3 Å². The SMILES string of the molecule is c1ccc(-c2ccc(-c3cc(-c4cccc(-c5cccc(-c6ccc7c(c6)nc(-c6cccc8ccccc68)c6sc8ccccc8c67)c5)c4)nc(-c4ccccc4)n3)cc2)cc1. The van der Waals surface area contributed by atoms with Crippen molar-refractivity contribution < 1.29 is 0 Å². The van der Waals surface area contributed by atoms with Crippen LogP contribution in [0.3, 0.4) is 0 Å². The Morgan fingerprint density at radius 2 is 0.841 bits per heavy atom. The highest BCUT2D eigenvalue weighted by molar-refractivity contribution is 7.26. The van der Waals surface area contributed by atoms with Gasteiger partial charge in [0.2, 0.25) is 0 Å². The van der Waals surface area contributed by atoms with E-state index in [0.717, 1.165) is 67.1 Å². The molecule has 12 rings (SSSR count). The molecule has 63 heavy (non-hydrogen) atoms. The van der Waals surface area contributed by atoms with E-state index in [1.54, 1.807) is 0 Å². The van der Waals surface area contributed by atoms with Gasteiger partial charge in [-0.15, -0.1) is 11.3 Å². The fraction of sp³-hybridized carbons (Fsp3) is 0. The minimum Gasteiger partial charge on any atom is -0.246 e. The van der Waals surface area contributed by atoms with E-state index in [4.69, 9.17) is 15.0 Å². The van der Waals surface area contributed by atoms with Crippen LogP contribution in [0, 0.1) is 0 Å². The molecule has 0 spiro atoms. The van der Waals surface area contributed by atoms with Gasteiger partial charge in [-0.25, -0.2) is 15.0 Å². The molecule has 0 aliphatic carbocycles. The number of pyridine rings is 1. The van der Waals surface area contributed by atoms with Gasteiger partial charge in [0.25, 0.3) is 0 Å². The highest BCUT2D eigenvalue weighted by Gasteiger charge is 2.19. The molecule has 0 atom stereocenters. The van der Waals surface area contributed by atoms with E-state index in [-0.39, 0.29) is 0 Å². The number of thiophene rings is 1. The summed E-state index contributed by atoms with van der Waals surface area (Å²) in [5.74, 6) is 0.698. The lowest BCUT2D eigenvalue weighted by atomic mass is 9.95. The van der Waals surface area contributed by atoms with Gasteiger partial charge < -0.3 is 0 Å². The smallest absolute Gasteiger partial charge is 0.160 e. The third kappa shape index (κ3) is 6.74. The lowest BCUT2D eigenvalue weighted by Gasteiger charge is -2.12.